The van der Waals surface area contributed by atoms with Gasteiger partial charge in [0, 0.05) is 22.3 Å². The van der Waals surface area contributed by atoms with Gasteiger partial charge >= 0.3 is 5.97 Å². The van der Waals surface area contributed by atoms with E-state index in [-0.39, 0.29) is 11.5 Å². The average Bonchev–Trinajstić information content (AvgIpc) is 2.77. The molecule has 2 aromatic rings. The number of hydrogen-bond donors (Lipinski definition) is 2. The lowest BCUT2D eigenvalue weighted by Crippen LogP contribution is -2.46. The van der Waals surface area contributed by atoms with Gasteiger partial charge in [-0.1, -0.05) is 31.5 Å². The number of amides is 2. The lowest BCUT2D eigenvalue weighted by molar-refractivity contribution is -0.150. The van der Waals surface area contributed by atoms with Crippen molar-refractivity contribution in [2.24, 2.45) is 5.92 Å². The maximum absolute atomic E-state index is 12.7. The molecule has 2 rings (SSSR count). The van der Waals surface area contributed by atoms with Gasteiger partial charge in [0.05, 0.1) is 14.2 Å². The van der Waals surface area contributed by atoms with Crippen molar-refractivity contribution in [3.8, 4) is 11.5 Å². The van der Waals surface area contributed by atoms with E-state index in [0.29, 0.717) is 22.2 Å². The SMILES string of the molecule is COc1cc(OC)cc(C(=O)N[C@H](C(=O)OCC(=O)Nc2cc(Cl)ccc2C)C(C)C)c1. The molecule has 2 N–H and O–H groups in total. The van der Waals surface area contributed by atoms with E-state index in [1.54, 1.807) is 38.1 Å². The highest BCUT2D eigenvalue weighted by molar-refractivity contribution is 6.31. The Morgan fingerprint density at radius 3 is 2.19 bits per heavy atom. The Morgan fingerprint density at radius 1 is 1.00 bits per heavy atom. The van der Waals surface area contributed by atoms with E-state index in [0.717, 1.165) is 5.56 Å². The Hall–Kier alpha value is -3.26. The number of hydrogen-bond acceptors (Lipinski definition) is 6. The maximum Gasteiger partial charge on any atom is 0.329 e. The van der Waals surface area contributed by atoms with Gasteiger partial charge in [-0.05, 0) is 42.7 Å². The molecule has 172 valence electrons. The fraction of sp³-hybridized carbons (Fsp3) is 0.348. The predicted octanol–water partition coefficient (Wildman–Crippen LogP) is 3.60. The van der Waals surface area contributed by atoms with Crippen molar-refractivity contribution in [3.63, 3.8) is 0 Å². The topological polar surface area (TPSA) is 103 Å². The van der Waals surface area contributed by atoms with Crippen LogP contribution in [0.5, 0.6) is 11.5 Å². The van der Waals surface area contributed by atoms with Gasteiger partial charge in [-0.3, -0.25) is 9.59 Å². The first kappa shape index (κ1) is 25.0. The van der Waals surface area contributed by atoms with E-state index in [1.165, 1.54) is 26.4 Å². The maximum atomic E-state index is 12.7. The van der Waals surface area contributed by atoms with Crippen molar-refractivity contribution in [1.82, 2.24) is 5.32 Å². The first-order chi connectivity index (χ1) is 15.1. The van der Waals surface area contributed by atoms with Gasteiger partial charge in [0.2, 0.25) is 0 Å². The summed E-state index contributed by atoms with van der Waals surface area (Å²) in [4.78, 5) is 37.5. The van der Waals surface area contributed by atoms with Crippen LogP contribution < -0.4 is 20.1 Å². The number of benzene rings is 2. The molecule has 0 aliphatic rings. The standard InChI is InChI=1S/C23H27ClN2O6/c1-13(2)21(26-22(28)15-8-17(30-4)11-18(9-15)31-5)23(29)32-12-20(27)25-19-10-16(24)7-6-14(19)3/h6-11,13,21H,12H2,1-5H3,(H,25,27)(H,26,28)/t21-/m0/s1. The van der Waals surface area contributed by atoms with Crippen LogP contribution in [-0.4, -0.2) is 44.7 Å². The van der Waals surface area contributed by atoms with Crippen molar-refractivity contribution >= 4 is 35.1 Å². The van der Waals surface area contributed by atoms with Gasteiger partial charge in [-0.15, -0.1) is 0 Å². The Bertz CT molecular complexity index is 970. The molecule has 1 atom stereocenters. The molecule has 0 aromatic heterocycles. The number of esters is 1. The van der Waals surface area contributed by atoms with Crippen molar-refractivity contribution in [2.45, 2.75) is 26.8 Å². The van der Waals surface area contributed by atoms with Crippen LogP contribution in [0.4, 0.5) is 5.69 Å². The van der Waals surface area contributed by atoms with Gasteiger partial charge in [-0.2, -0.15) is 0 Å². The molecule has 0 unspecified atom stereocenters. The zero-order valence-corrected chi connectivity index (χ0v) is 19.4. The Morgan fingerprint density at radius 2 is 1.62 bits per heavy atom. The molecule has 0 radical (unpaired) electrons. The molecule has 0 aliphatic carbocycles. The molecule has 0 bridgehead atoms. The van der Waals surface area contributed by atoms with Gasteiger partial charge < -0.3 is 24.8 Å². The molecule has 0 spiro atoms. The van der Waals surface area contributed by atoms with Crippen LogP contribution in [0.15, 0.2) is 36.4 Å². The predicted molar refractivity (Wildman–Crippen MR) is 121 cm³/mol. The number of ether oxygens (including phenoxy) is 3. The van der Waals surface area contributed by atoms with Crippen LogP contribution in [0.25, 0.3) is 0 Å². The minimum absolute atomic E-state index is 0.258. The fourth-order valence-electron chi connectivity index (χ4n) is 2.80. The van der Waals surface area contributed by atoms with E-state index in [2.05, 4.69) is 10.6 Å². The molecular weight excluding hydrogens is 436 g/mol. The van der Waals surface area contributed by atoms with E-state index >= 15 is 0 Å². The summed E-state index contributed by atoms with van der Waals surface area (Å²) in [6.07, 6.45) is 0. The van der Waals surface area contributed by atoms with Crippen LogP contribution in [0.3, 0.4) is 0 Å². The van der Waals surface area contributed by atoms with E-state index in [9.17, 15) is 14.4 Å². The first-order valence-electron chi connectivity index (χ1n) is 9.91. The zero-order chi connectivity index (χ0) is 23.8. The molecule has 8 nitrogen and oxygen atoms in total. The third kappa shape index (κ3) is 6.88. The van der Waals surface area contributed by atoms with Crippen LogP contribution in [0, 0.1) is 12.8 Å². The average molecular weight is 463 g/mol. The summed E-state index contributed by atoms with van der Waals surface area (Å²) in [6, 6.07) is 8.81. The molecule has 32 heavy (non-hydrogen) atoms. The summed E-state index contributed by atoms with van der Waals surface area (Å²) in [5, 5.41) is 5.77. The highest BCUT2D eigenvalue weighted by Gasteiger charge is 2.27. The van der Waals surface area contributed by atoms with Crippen molar-refractivity contribution in [3.05, 3.63) is 52.5 Å². The summed E-state index contributed by atoms with van der Waals surface area (Å²) in [5.41, 5.74) is 1.60. The lowest BCUT2D eigenvalue weighted by Gasteiger charge is -2.21. The van der Waals surface area contributed by atoms with Crippen molar-refractivity contribution in [1.29, 1.82) is 0 Å². The smallest absolute Gasteiger partial charge is 0.329 e. The van der Waals surface area contributed by atoms with E-state index in [4.69, 9.17) is 25.8 Å². The van der Waals surface area contributed by atoms with Gasteiger partial charge in [0.1, 0.15) is 17.5 Å². The summed E-state index contributed by atoms with van der Waals surface area (Å²) >= 11 is 5.95. The molecular formula is C23H27ClN2O6. The van der Waals surface area contributed by atoms with Gasteiger partial charge in [-0.25, -0.2) is 4.79 Å². The summed E-state index contributed by atoms with van der Waals surface area (Å²) < 4.78 is 15.5. The molecule has 0 heterocycles. The molecule has 9 heteroatoms. The quantitative estimate of drug-likeness (QED) is 0.552. The summed E-state index contributed by atoms with van der Waals surface area (Å²) in [5.74, 6) is -1.15. The molecule has 0 fully saturated rings. The largest absolute Gasteiger partial charge is 0.497 e. The highest BCUT2D eigenvalue weighted by atomic mass is 35.5. The van der Waals surface area contributed by atoms with E-state index in [1.807, 2.05) is 6.92 Å². The van der Waals surface area contributed by atoms with Gasteiger partial charge in [0.15, 0.2) is 6.61 Å². The fourth-order valence-corrected chi connectivity index (χ4v) is 2.97. The highest BCUT2D eigenvalue weighted by Crippen LogP contribution is 2.23. The third-order valence-corrected chi connectivity index (χ3v) is 4.88. The Kier molecular flexibility index (Phi) is 8.90. The molecule has 0 aliphatic heterocycles. The van der Waals surface area contributed by atoms with E-state index < -0.39 is 30.4 Å². The minimum Gasteiger partial charge on any atom is -0.497 e. The van der Waals surface area contributed by atoms with Crippen LogP contribution >= 0.6 is 11.6 Å². The summed E-state index contributed by atoms with van der Waals surface area (Å²) in [6.45, 7) is 4.83. The van der Waals surface area contributed by atoms with Crippen molar-refractivity contribution < 1.29 is 28.6 Å². The second-order valence-corrected chi connectivity index (χ2v) is 7.85. The Balaban J connectivity index is 2.02. The molecule has 0 saturated heterocycles. The van der Waals surface area contributed by atoms with Crippen LogP contribution in [-0.2, 0) is 14.3 Å². The Labute approximate surface area is 192 Å². The number of rotatable bonds is 9. The molecule has 0 saturated carbocycles. The monoisotopic (exact) mass is 462 g/mol. The molecule has 2 aromatic carbocycles. The number of methoxy groups -OCH3 is 2. The normalized spacial score (nSPS) is 11.5. The first-order valence-corrected chi connectivity index (χ1v) is 10.3. The number of anilines is 1. The van der Waals surface area contributed by atoms with Crippen LogP contribution in [0.2, 0.25) is 5.02 Å². The van der Waals surface area contributed by atoms with Crippen LogP contribution in [0.1, 0.15) is 29.8 Å². The number of carbonyl (C=O) groups excluding carboxylic acids is 3. The number of halogens is 1. The molecule has 2 amide bonds. The number of nitrogens with one attached hydrogen (secondary N) is 2. The summed E-state index contributed by atoms with van der Waals surface area (Å²) in [7, 11) is 2.95. The lowest BCUT2D eigenvalue weighted by atomic mass is 10.0. The zero-order valence-electron chi connectivity index (χ0n) is 18.7. The second kappa shape index (κ2) is 11.4. The second-order valence-electron chi connectivity index (χ2n) is 7.41. The number of carbonyl (C=O) groups is 3. The van der Waals surface area contributed by atoms with Gasteiger partial charge in [0.25, 0.3) is 11.8 Å². The third-order valence-electron chi connectivity index (χ3n) is 4.64. The minimum atomic E-state index is -0.958. The number of aryl methyl sites for hydroxylation is 1. The van der Waals surface area contributed by atoms with Crippen molar-refractivity contribution in [2.75, 3.05) is 26.1 Å².